The maximum absolute atomic E-state index is 13.5. The smallest absolute Gasteiger partial charge is 0.411 e. The zero-order valence-electron chi connectivity index (χ0n) is 17.3. The average molecular weight is 473 g/mol. The molecule has 2 aromatic rings. The number of carbonyl (C=O) groups is 2. The number of carbonyl (C=O) groups excluding carboxylic acids is 2. The second kappa shape index (κ2) is 8.98. The summed E-state index contributed by atoms with van der Waals surface area (Å²) in [5.41, 5.74) is 0.183. The average Bonchev–Trinajstić information content (AvgIpc) is 3.14. The minimum Gasteiger partial charge on any atom is -0.484 e. The van der Waals surface area contributed by atoms with Crippen molar-refractivity contribution < 1.29 is 36.3 Å². The molecular formula is C18H21F2N5O6S. The summed E-state index contributed by atoms with van der Waals surface area (Å²) in [7, 11) is -3.19. The van der Waals surface area contributed by atoms with E-state index in [1.54, 1.807) is 0 Å². The van der Waals surface area contributed by atoms with E-state index >= 15 is 0 Å². The molecule has 11 nitrogen and oxygen atoms in total. The number of halogens is 2. The van der Waals surface area contributed by atoms with E-state index in [0.717, 1.165) is 10.5 Å². The molecule has 1 aromatic carbocycles. The molecule has 32 heavy (non-hydrogen) atoms. The zero-order valence-corrected chi connectivity index (χ0v) is 18.2. The van der Waals surface area contributed by atoms with E-state index < -0.39 is 33.7 Å². The number of nitrogens with one attached hydrogen (secondary N) is 2. The lowest BCUT2D eigenvalue weighted by Crippen LogP contribution is -2.48. The fourth-order valence-corrected chi connectivity index (χ4v) is 4.74. The highest BCUT2D eigenvalue weighted by Gasteiger charge is 2.37. The summed E-state index contributed by atoms with van der Waals surface area (Å²) in [6, 6.07) is 4.27. The monoisotopic (exact) mass is 473 g/mol. The molecular weight excluding hydrogens is 452 g/mol. The number of anilines is 2. The number of hydrogen-bond acceptors (Lipinski definition) is 7. The summed E-state index contributed by atoms with van der Waals surface area (Å²) >= 11 is 0. The van der Waals surface area contributed by atoms with Gasteiger partial charge in [0.2, 0.25) is 5.91 Å². The van der Waals surface area contributed by atoms with Crippen LogP contribution in [-0.2, 0) is 19.6 Å². The summed E-state index contributed by atoms with van der Waals surface area (Å²) in [5.74, 6) is -0.176. The number of benzene rings is 1. The van der Waals surface area contributed by atoms with Crippen LogP contribution in [0.1, 0.15) is 19.2 Å². The van der Waals surface area contributed by atoms with Gasteiger partial charge in [0, 0.05) is 12.6 Å². The SMILES string of the molecule is COC(=O)Nc1ccc2c(c1)N(S(=O)(=O)c1cn(C(F)F)nc1C)CC(CNC(C)=O)O2. The molecule has 1 atom stereocenters. The van der Waals surface area contributed by atoms with E-state index in [4.69, 9.17) is 4.74 Å². The van der Waals surface area contributed by atoms with Crippen LogP contribution in [0.4, 0.5) is 25.0 Å². The molecule has 0 spiro atoms. The summed E-state index contributed by atoms with van der Waals surface area (Å²) in [4.78, 5) is 22.4. The largest absolute Gasteiger partial charge is 0.484 e. The third-order valence-corrected chi connectivity index (χ3v) is 6.42. The molecule has 2 N–H and O–H groups in total. The molecule has 1 aliphatic heterocycles. The highest BCUT2D eigenvalue weighted by Crippen LogP contribution is 2.39. The lowest BCUT2D eigenvalue weighted by molar-refractivity contribution is -0.119. The van der Waals surface area contributed by atoms with Crippen molar-refractivity contribution >= 4 is 33.4 Å². The number of aryl methyl sites for hydroxylation is 1. The van der Waals surface area contributed by atoms with Gasteiger partial charge in [-0.15, -0.1) is 0 Å². The molecule has 1 aliphatic rings. The highest BCUT2D eigenvalue weighted by molar-refractivity contribution is 7.92. The Bertz CT molecular complexity index is 1140. The van der Waals surface area contributed by atoms with E-state index in [1.807, 2.05) is 0 Å². The van der Waals surface area contributed by atoms with Crippen LogP contribution in [0.5, 0.6) is 5.75 Å². The Hall–Kier alpha value is -3.42. The molecule has 0 bridgehead atoms. The van der Waals surface area contributed by atoms with Gasteiger partial charge in [-0.25, -0.2) is 17.9 Å². The number of sulfonamides is 1. The molecule has 14 heteroatoms. The topological polar surface area (TPSA) is 132 Å². The first kappa shape index (κ1) is 23.2. The predicted molar refractivity (Wildman–Crippen MR) is 108 cm³/mol. The number of rotatable bonds is 6. The molecule has 0 radical (unpaired) electrons. The third kappa shape index (κ3) is 4.74. The van der Waals surface area contributed by atoms with Crippen molar-refractivity contribution in [2.24, 2.45) is 0 Å². The fourth-order valence-electron chi connectivity index (χ4n) is 3.09. The second-order valence-electron chi connectivity index (χ2n) is 6.85. The molecule has 0 aliphatic carbocycles. The molecule has 1 aromatic heterocycles. The highest BCUT2D eigenvalue weighted by atomic mass is 32.2. The first-order valence-corrected chi connectivity index (χ1v) is 10.7. The van der Waals surface area contributed by atoms with Gasteiger partial charge in [0.25, 0.3) is 10.0 Å². The van der Waals surface area contributed by atoms with Gasteiger partial charge < -0.3 is 14.8 Å². The van der Waals surface area contributed by atoms with E-state index in [0.29, 0.717) is 0 Å². The van der Waals surface area contributed by atoms with Gasteiger partial charge in [-0.2, -0.15) is 13.9 Å². The van der Waals surface area contributed by atoms with Crippen LogP contribution < -0.4 is 19.7 Å². The maximum Gasteiger partial charge on any atom is 0.411 e. The number of ether oxygens (including phenoxy) is 2. The Morgan fingerprint density at radius 1 is 1.38 bits per heavy atom. The van der Waals surface area contributed by atoms with Gasteiger partial charge in [0.1, 0.15) is 16.7 Å². The molecule has 3 rings (SSSR count). The minimum absolute atomic E-state index is 0.0121. The van der Waals surface area contributed by atoms with E-state index in [9.17, 15) is 26.8 Å². The second-order valence-corrected chi connectivity index (χ2v) is 8.68. The first-order valence-electron chi connectivity index (χ1n) is 9.29. The van der Waals surface area contributed by atoms with Crippen molar-refractivity contribution in [2.75, 3.05) is 29.8 Å². The quantitative estimate of drug-likeness (QED) is 0.655. The van der Waals surface area contributed by atoms with Crippen LogP contribution in [0.2, 0.25) is 0 Å². The van der Waals surface area contributed by atoms with Crippen LogP contribution in [0.3, 0.4) is 0 Å². The Kier molecular flexibility index (Phi) is 6.52. The van der Waals surface area contributed by atoms with Crippen molar-refractivity contribution in [1.29, 1.82) is 0 Å². The molecule has 0 saturated carbocycles. The molecule has 1 unspecified atom stereocenters. The fraction of sp³-hybridized carbons (Fsp3) is 0.389. The lowest BCUT2D eigenvalue weighted by Gasteiger charge is -2.35. The summed E-state index contributed by atoms with van der Waals surface area (Å²) in [6.07, 6.45) is -0.774. The number of fused-ring (bicyclic) bond motifs is 1. The third-order valence-electron chi connectivity index (χ3n) is 4.54. The van der Waals surface area contributed by atoms with Crippen LogP contribution in [0.25, 0.3) is 0 Å². The lowest BCUT2D eigenvalue weighted by atomic mass is 10.2. The number of hydrogen-bond donors (Lipinski definition) is 2. The van der Waals surface area contributed by atoms with E-state index in [2.05, 4.69) is 20.5 Å². The minimum atomic E-state index is -4.36. The Balaban J connectivity index is 2.06. The molecule has 174 valence electrons. The normalized spacial score (nSPS) is 15.7. The van der Waals surface area contributed by atoms with Gasteiger partial charge in [-0.1, -0.05) is 0 Å². The van der Waals surface area contributed by atoms with Crippen molar-refractivity contribution in [2.45, 2.75) is 31.4 Å². The van der Waals surface area contributed by atoms with Crippen molar-refractivity contribution in [1.82, 2.24) is 15.1 Å². The Morgan fingerprint density at radius 3 is 2.69 bits per heavy atom. The number of methoxy groups -OCH3 is 1. The first-order chi connectivity index (χ1) is 15.0. The summed E-state index contributed by atoms with van der Waals surface area (Å²) in [6.45, 7) is -0.623. The van der Waals surface area contributed by atoms with Crippen LogP contribution >= 0.6 is 0 Å². The molecule has 2 heterocycles. The molecule has 0 saturated heterocycles. The van der Waals surface area contributed by atoms with Gasteiger partial charge in [0.15, 0.2) is 0 Å². The van der Waals surface area contributed by atoms with Gasteiger partial charge in [0.05, 0.1) is 37.8 Å². The number of amides is 2. The zero-order chi connectivity index (χ0) is 23.6. The molecule has 2 amide bonds. The van der Waals surface area contributed by atoms with Gasteiger partial charge in [-0.05, 0) is 25.1 Å². The van der Waals surface area contributed by atoms with Crippen LogP contribution in [-0.4, -0.2) is 56.5 Å². The van der Waals surface area contributed by atoms with Gasteiger partial charge in [-0.3, -0.25) is 14.4 Å². The number of nitrogens with zero attached hydrogens (tertiary/aromatic N) is 3. The van der Waals surface area contributed by atoms with Crippen LogP contribution in [0, 0.1) is 6.92 Å². The predicted octanol–water partition coefficient (Wildman–Crippen LogP) is 1.86. The maximum atomic E-state index is 13.5. The van der Waals surface area contributed by atoms with Crippen molar-refractivity contribution in [3.8, 4) is 5.75 Å². The van der Waals surface area contributed by atoms with Crippen molar-refractivity contribution in [3.05, 3.63) is 30.1 Å². The summed E-state index contributed by atoms with van der Waals surface area (Å²) < 4.78 is 64.6. The van der Waals surface area contributed by atoms with Crippen LogP contribution in [0.15, 0.2) is 29.3 Å². The molecule has 0 fully saturated rings. The Labute approximate surface area is 182 Å². The van der Waals surface area contributed by atoms with Gasteiger partial charge >= 0.3 is 12.6 Å². The number of aromatic nitrogens is 2. The van der Waals surface area contributed by atoms with E-state index in [1.165, 1.54) is 39.2 Å². The Morgan fingerprint density at radius 2 is 2.09 bits per heavy atom. The van der Waals surface area contributed by atoms with Crippen molar-refractivity contribution in [3.63, 3.8) is 0 Å². The standard InChI is InChI=1S/C18H21F2N5O6S/c1-10-16(9-24(23-10)17(19)20)32(28,29)25-8-13(7-21-11(2)26)31-15-5-4-12(6-14(15)25)22-18(27)30-3/h4-6,9,13,17H,7-8H2,1-3H3,(H,21,26)(H,22,27). The summed E-state index contributed by atoms with van der Waals surface area (Å²) in [5, 5.41) is 8.56. The number of alkyl halides is 2. The van der Waals surface area contributed by atoms with E-state index in [-0.39, 0.29) is 46.5 Å².